The number of allylic oxidation sites excluding steroid dienone is 8. The fraction of sp³-hybridized carbons (Fsp3) is 0.724. The van der Waals surface area contributed by atoms with Crippen LogP contribution in [0.3, 0.4) is 0 Å². The van der Waals surface area contributed by atoms with Crippen LogP contribution in [0, 0.1) is 5.41 Å². The van der Waals surface area contributed by atoms with Gasteiger partial charge in [-0.25, -0.2) is 14.2 Å². The van der Waals surface area contributed by atoms with E-state index in [0.717, 1.165) is 64.0 Å². The molecule has 5 amide bonds. The summed E-state index contributed by atoms with van der Waals surface area (Å²) < 4.78 is 75.6. The van der Waals surface area contributed by atoms with Crippen LogP contribution in [0.15, 0.2) is 59.3 Å². The quantitative estimate of drug-likeness (QED) is 0.0288. The Kier molecular flexibility index (Phi) is 30.0. The topological polar surface area (TPSA) is 505 Å². The van der Waals surface area contributed by atoms with Crippen molar-refractivity contribution in [3.05, 3.63) is 59.3 Å². The highest BCUT2D eigenvalue weighted by atomic mass is 31.2. The zero-order valence-corrected chi connectivity index (χ0v) is 53.7. The molecule has 4 saturated heterocycles. The summed E-state index contributed by atoms with van der Waals surface area (Å²) in [7, 11) is -5.71. The summed E-state index contributed by atoms with van der Waals surface area (Å²) in [5.74, 6) is -6.12. The Morgan fingerprint density at radius 1 is 0.725 bits per heavy atom. The minimum atomic E-state index is -5.71. The summed E-state index contributed by atoms with van der Waals surface area (Å²) in [5, 5.41) is 92.4. The van der Waals surface area contributed by atoms with Crippen molar-refractivity contribution in [2.24, 2.45) is 22.6 Å². The summed E-state index contributed by atoms with van der Waals surface area (Å²) in [4.78, 5) is 86.2. The number of aliphatic hydroxyl groups is 7. The highest BCUT2D eigenvalue weighted by molar-refractivity contribution is 7.47. The number of primary amides is 3. The predicted octanol–water partition coefficient (Wildman–Crippen LogP) is -0.615. The van der Waals surface area contributed by atoms with Crippen molar-refractivity contribution in [2.45, 2.75) is 242 Å². The summed E-state index contributed by atoms with van der Waals surface area (Å²) in [6, 6.07) is -3.63. The molecule has 0 radical (unpaired) electrons. The average molecular weight is 1320 g/mol. The molecule has 91 heavy (non-hydrogen) atoms. The van der Waals surface area contributed by atoms with Gasteiger partial charge in [0.1, 0.15) is 66.5 Å². The fourth-order valence-electron chi connectivity index (χ4n) is 10.3. The van der Waals surface area contributed by atoms with Crippen molar-refractivity contribution < 1.29 is 131 Å². The Hall–Kier alpha value is -5.17. The first-order valence-electron chi connectivity index (χ1n) is 29.5. The first kappa shape index (κ1) is 78.3. The van der Waals surface area contributed by atoms with Gasteiger partial charge in [-0.1, -0.05) is 73.1 Å². The third-order valence-electron chi connectivity index (χ3n) is 15.4. The van der Waals surface area contributed by atoms with Gasteiger partial charge in [0.2, 0.25) is 23.6 Å². The van der Waals surface area contributed by atoms with Crippen molar-refractivity contribution in [1.29, 1.82) is 0 Å². The minimum absolute atomic E-state index is 0.110. The van der Waals surface area contributed by atoms with E-state index in [9.17, 15) is 79.1 Å². The van der Waals surface area contributed by atoms with Crippen LogP contribution in [0.25, 0.3) is 0 Å². The van der Waals surface area contributed by atoms with Crippen molar-refractivity contribution >= 4 is 43.5 Å². The third-order valence-corrected chi connectivity index (χ3v) is 16.4. The first-order chi connectivity index (χ1) is 42.3. The van der Waals surface area contributed by atoms with E-state index in [1.165, 1.54) is 18.1 Å². The summed E-state index contributed by atoms with van der Waals surface area (Å²) in [6.07, 6.45) is -21.7. The first-order valence-corrected chi connectivity index (χ1v) is 31.0. The number of aliphatic hydroxyl groups excluding tert-OH is 6. The number of carboxylic acid groups (broad SMARTS) is 1. The Morgan fingerprint density at radius 3 is 1.86 bits per heavy atom. The molecule has 0 aromatic rings. The standard InChI is InChI=1S/C58H94N5O27P/c1-27(2)15-14-17-28(3)18-19-30(5)20-23-57(9,10)22-13-12-16-29(4)21-24-80-35(51(74)75)26-81-91(78,79)90-55-46(47(89-56(61)76)58(11,77)48(88-55)50(60)73)87-53-37(63-33(8)66)39(68)44(34(25-64)83-53)85-52-36(62-32(7)65)38(67)43(31(6)82-52)84-54-42(71)40(69)41(70)45(86-54)49(59)72/h13,15,18,21-22,31,34-48,52-55,64,67-71,77H,5,12,14,16-17,19-20,23-26H2,1-4,6-11H3,(H2,59,72)(H2,60,73)(H2,61,76)(H,62,65)(H,63,66)(H,74,75)(H,78,79)/b22-13+,28-18+,29-21-/t31-,34-,35+,36-,37-,38-,39-,40+,41-,42-,43-,44-,45+,46-,47-,48-,52+,53+,54-,55-,58+/m1/s1. The Morgan fingerprint density at radius 2 is 1.30 bits per heavy atom. The second-order valence-electron chi connectivity index (χ2n) is 24.2. The van der Waals surface area contributed by atoms with Crippen molar-refractivity contribution in [2.75, 3.05) is 19.8 Å². The molecule has 17 N–H and O–H groups in total. The third kappa shape index (κ3) is 23.1. The molecule has 4 rings (SSSR count). The highest BCUT2D eigenvalue weighted by Gasteiger charge is 2.62. The van der Waals surface area contributed by atoms with Crippen LogP contribution in [0.4, 0.5) is 4.79 Å². The van der Waals surface area contributed by atoms with Gasteiger partial charge in [-0.05, 0) is 91.9 Å². The molecule has 32 nitrogen and oxygen atoms in total. The molecule has 4 heterocycles. The molecule has 1 unspecified atom stereocenters. The van der Waals surface area contributed by atoms with Crippen LogP contribution in [0.5, 0.6) is 0 Å². The number of amides is 5. The SMILES string of the molecule is C=C(C/C=C(\C)CCC=C(C)C)CCC(C)(C)/C=C/CC/C(C)=C\CO[C@@H](COP(=O)(O)O[C@H]1O[C@H](C(N)=O)[C@@](C)(O)[C@H](OC(N)=O)[C@H]1O[C@@H]1O[C@H](CO)[C@@H](O[C@@H]2O[C@H](C)[C@@H](O[C@@H]3O[C@H](C(N)=O)[C@H](O)[C@H](O)[C@H]3O)[C@H](O)[C@H]2NC(C)=O)[C@H](O)[C@H]1NC(C)=O)C(=O)O. The number of nitrogens with two attached hydrogens (primary N) is 3. The monoisotopic (exact) mass is 1320 g/mol. The molecule has 4 aliphatic heterocycles. The van der Waals surface area contributed by atoms with Crippen LogP contribution < -0.4 is 27.8 Å². The number of ether oxygens (including phenoxy) is 9. The molecule has 4 aliphatic rings. The summed E-state index contributed by atoms with van der Waals surface area (Å²) in [5.41, 5.74) is 17.9. The minimum Gasteiger partial charge on any atom is -0.479 e. The molecule has 0 aromatic heterocycles. The Balaban J connectivity index is 1.51. The molecule has 0 bridgehead atoms. The van der Waals surface area contributed by atoms with E-state index in [0.29, 0.717) is 12.8 Å². The Labute approximate surface area is 527 Å². The molecule has 0 saturated carbocycles. The van der Waals surface area contributed by atoms with Crippen LogP contribution >= 0.6 is 7.82 Å². The molecular weight excluding hydrogens is 1230 g/mol. The van der Waals surface area contributed by atoms with E-state index >= 15 is 0 Å². The predicted molar refractivity (Wildman–Crippen MR) is 316 cm³/mol. The lowest BCUT2D eigenvalue weighted by atomic mass is 9.85. The lowest BCUT2D eigenvalue weighted by Gasteiger charge is -2.51. The van der Waals surface area contributed by atoms with Gasteiger partial charge >= 0.3 is 19.9 Å². The molecule has 0 aliphatic carbocycles. The van der Waals surface area contributed by atoms with Gasteiger partial charge in [0, 0.05) is 13.8 Å². The maximum atomic E-state index is 13.8. The van der Waals surface area contributed by atoms with E-state index in [4.69, 9.17) is 68.9 Å². The summed E-state index contributed by atoms with van der Waals surface area (Å²) >= 11 is 0. The molecule has 0 spiro atoms. The molecule has 22 atom stereocenters. The number of carbonyl (C=O) groups excluding carboxylic acids is 5. The number of nitrogens with one attached hydrogen (secondary N) is 2. The van der Waals surface area contributed by atoms with E-state index in [-0.39, 0.29) is 12.0 Å². The number of hydrogen-bond donors (Lipinski definition) is 14. The summed E-state index contributed by atoms with van der Waals surface area (Å²) in [6.45, 7) is 18.2. The normalized spacial score (nSPS) is 34.3. The molecular formula is C58H94N5O27P. The van der Waals surface area contributed by atoms with Gasteiger partial charge in [-0.15, -0.1) is 0 Å². The number of carboxylic acids is 1. The number of phosphoric acid groups is 1. The fourth-order valence-corrected chi connectivity index (χ4v) is 11.1. The number of phosphoric ester groups is 1. The zero-order chi connectivity index (χ0) is 68.6. The van der Waals surface area contributed by atoms with Gasteiger partial charge in [-0.2, -0.15) is 0 Å². The van der Waals surface area contributed by atoms with Gasteiger partial charge < -0.3 is 116 Å². The lowest BCUT2D eigenvalue weighted by Crippen LogP contribution is -2.72. The van der Waals surface area contributed by atoms with E-state index < -0.39 is 185 Å². The second-order valence-corrected chi connectivity index (χ2v) is 25.6. The van der Waals surface area contributed by atoms with Crippen LogP contribution in [-0.2, 0) is 80.2 Å². The van der Waals surface area contributed by atoms with Crippen molar-refractivity contribution in [3.8, 4) is 0 Å². The lowest BCUT2D eigenvalue weighted by molar-refractivity contribution is -0.370. The number of carbonyl (C=O) groups is 6. The Bertz CT molecular complexity index is 2670. The molecule has 33 heteroatoms. The van der Waals surface area contributed by atoms with Crippen molar-refractivity contribution in [3.63, 3.8) is 0 Å². The zero-order valence-electron chi connectivity index (χ0n) is 52.8. The van der Waals surface area contributed by atoms with Crippen LogP contribution in [-0.4, -0.2) is 230 Å². The molecule has 4 fully saturated rings. The molecule has 0 aromatic carbocycles. The maximum absolute atomic E-state index is 13.8. The largest absolute Gasteiger partial charge is 0.479 e. The van der Waals surface area contributed by atoms with Crippen LogP contribution in [0.2, 0.25) is 0 Å². The van der Waals surface area contributed by atoms with Gasteiger partial charge in [0.05, 0.1) is 25.9 Å². The van der Waals surface area contributed by atoms with Gasteiger partial charge in [-0.3, -0.25) is 28.2 Å². The maximum Gasteiger partial charge on any atom is 0.474 e. The van der Waals surface area contributed by atoms with E-state index in [2.05, 4.69) is 76.1 Å². The van der Waals surface area contributed by atoms with Gasteiger partial charge in [0.25, 0.3) is 0 Å². The van der Waals surface area contributed by atoms with E-state index in [1.807, 2.05) is 0 Å². The van der Waals surface area contributed by atoms with Gasteiger partial charge in [0.15, 0.2) is 55.7 Å². The highest BCUT2D eigenvalue weighted by Crippen LogP contribution is 2.49. The average Bonchev–Trinajstić information content (AvgIpc) is 0.764. The smallest absolute Gasteiger partial charge is 0.474 e. The number of aliphatic carboxylic acids is 1. The van der Waals surface area contributed by atoms with Crippen molar-refractivity contribution in [1.82, 2.24) is 10.6 Å². The number of rotatable bonds is 33. The van der Waals surface area contributed by atoms with E-state index in [1.54, 1.807) is 13.0 Å². The number of hydrogen-bond acceptors (Lipinski definition) is 25. The second kappa shape index (κ2) is 34.8. The molecule has 518 valence electrons. The van der Waals surface area contributed by atoms with Crippen LogP contribution in [0.1, 0.15) is 114 Å².